The lowest BCUT2D eigenvalue weighted by molar-refractivity contribution is -0.137. The number of alkyl halides is 3. The maximum Gasteiger partial charge on any atom is 0.416 e. The zero-order chi connectivity index (χ0) is 16.8. The van der Waals surface area contributed by atoms with Crippen LogP contribution in [0.5, 0.6) is 0 Å². The number of hydrogen-bond acceptors (Lipinski definition) is 3. The molecule has 0 saturated carbocycles. The van der Waals surface area contributed by atoms with Gasteiger partial charge in [0.15, 0.2) is 5.84 Å². The van der Waals surface area contributed by atoms with E-state index in [4.69, 9.17) is 11.6 Å². The highest BCUT2D eigenvalue weighted by Gasteiger charge is 2.32. The van der Waals surface area contributed by atoms with Crippen LogP contribution >= 0.6 is 11.6 Å². The van der Waals surface area contributed by atoms with Crippen LogP contribution in [-0.2, 0) is 16.2 Å². The number of rotatable bonds is 1. The van der Waals surface area contributed by atoms with Gasteiger partial charge < -0.3 is 5.32 Å². The van der Waals surface area contributed by atoms with Gasteiger partial charge in [0.05, 0.1) is 16.3 Å². The molecule has 0 aliphatic carbocycles. The van der Waals surface area contributed by atoms with E-state index in [0.29, 0.717) is 0 Å². The Morgan fingerprint density at radius 3 is 2.48 bits per heavy atom. The van der Waals surface area contributed by atoms with Crippen LogP contribution in [0.25, 0.3) is 0 Å². The summed E-state index contributed by atoms with van der Waals surface area (Å²) in [6.45, 7) is 0. The minimum Gasteiger partial charge on any atom is -0.338 e. The van der Waals surface area contributed by atoms with Gasteiger partial charge in [-0.1, -0.05) is 23.7 Å². The van der Waals surface area contributed by atoms with Crippen molar-refractivity contribution in [1.29, 1.82) is 0 Å². The van der Waals surface area contributed by atoms with Gasteiger partial charge in [-0.2, -0.15) is 21.6 Å². The van der Waals surface area contributed by atoms with Gasteiger partial charge in [-0.25, -0.2) is 0 Å². The van der Waals surface area contributed by atoms with Crippen molar-refractivity contribution in [3.8, 4) is 0 Å². The second kappa shape index (κ2) is 5.24. The van der Waals surface area contributed by atoms with Crippen LogP contribution < -0.4 is 5.32 Å². The number of halogens is 4. The highest BCUT2D eigenvalue weighted by molar-refractivity contribution is 7.90. The summed E-state index contributed by atoms with van der Waals surface area (Å²) in [5.74, 6) is -0.0678. The van der Waals surface area contributed by atoms with Crippen molar-refractivity contribution < 1.29 is 21.6 Å². The van der Waals surface area contributed by atoms with E-state index in [1.165, 1.54) is 18.2 Å². The number of hydrogen-bond donors (Lipinski definition) is 1. The summed E-state index contributed by atoms with van der Waals surface area (Å²) in [5.41, 5.74) is -0.702. The van der Waals surface area contributed by atoms with Crippen LogP contribution in [0.4, 0.5) is 18.9 Å². The fourth-order valence-electron chi connectivity index (χ4n) is 2.12. The minimum absolute atomic E-state index is 0.00871. The summed E-state index contributed by atoms with van der Waals surface area (Å²) in [4.78, 5) is -0.00871. The maximum absolute atomic E-state index is 12.8. The number of sulfonamides is 1. The smallest absolute Gasteiger partial charge is 0.338 e. The zero-order valence-corrected chi connectivity index (χ0v) is 12.8. The first-order valence-electron chi connectivity index (χ1n) is 6.26. The minimum atomic E-state index is -4.54. The molecule has 9 heteroatoms. The molecular weight excluding hydrogens is 353 g/mol. The average molecular weight is 361 g/mol. The first-order valence-corrected chi connectivity index (χ1v) is 8.08. The number of nitrogens with zero attached hydrogens (tertiary/aromatic N) is 1. The Kier molecular flexibility index (Phi) is 3.61. The van der Waals surface area contributed by atoms with Crippen LogP contribution in [0.1, 0.15) is 11.1 Å². The Balaban J connectivity index is 2.04. The second-order valence-corrected chi connectivity index (χ2v) is 6.71. The van der Waals surface area contributed by atoms with E-state index in [1.54, 1.807) is 6.07 Å². The molecule has 0 bridgehead atoms. The summed E-state index contributed by atoms with van der Waals surface area (Å²) in [7, 11) is -3.87. The molecule has 2 aromatic rings. The lowest BCUT2D eigenvalue weighted by Crippen LogP contribution is -2.13. The van der Waals surface area contributed by atoms with Crippen LogP contribution in [0.15, 0.2) is 51.8 Å². The molecule has 0 spiro atoms. The molecule has 0 amide bonds. The van der Waals surface area contributed by atoms with Gasteiger partial charge in [0.25, 0.3) is 10.0 Å². The van der Waals surface area contributed by atoms with Crippen LogP contribution in [0, 0.1) is 0 Å². The average Bonchev–Trinajstić information content (AvgIpc) is 2.72. The van der Waals surface area contributed by atoms with Gasteiger partial charge in [-0.3, -0.25) is 0 Å². The fourth-order valence-corrected chi connectivity index (χ4v) is 3.46. The second-order valence-electron chi connectivity index (χ2n) is 4.73. The predicted octanol–water partition coefficient (Wildman–Crippen LogP) is 3.92. The quantitative estimate of drug-likeness (QED) is 0.838. The summed E-state index contributed by atoms with van der Waals surface area (Å²) >= 11 is 5.89. The molecule has 0 radical (unpaired) electrons. The SMILES string of the molecule is O=S1(=O)N=C(Nc2cc(C(F)(F)F)ccc2Cl)c2ccccc21. The molecule has 1 aliphatic rings. The molecule has 1 aliphatic heterocycles. The maximum atomic E-state index is 12.8. The van der Waals surface area contributed by atoms with E-state index >= 15 is 0 Å². The summed E-state index contributed by atoms with van der Waals surface area (Å²) in [6.07, 6.45) is -4.54. The van der Waals surface area contributed by atoms with E-state index in [-0.39, 0.29) is 27.0 Å². The number of fused-ring (bicyclic) bond motifs is 1. The molecule has 120 valence electrons. The van der Waals surface area contributed by atoms with Gasteiger partial charge in [0.2, 0.25) is 0 Å². The van der Waals surface area contributed by atoms with E-state index in [0.717, 1.165) is 18.2 Å². The molecule has 3 rings (SSSR count). The molecule has 0 fully saturated rings. The van der Waals surface area contributed by atoms with Gasteiger partial charge >= 0.3 is 6.18 Å². The molecule has 0 aromatic heterocycles. The lowest BCUT2D eigenvalue weighted by Gasteiger charge is -2.12. The third kappa shape index (κ3) is 2.91. The first kappa shape index (κ1) is 15.8. The van der Waals surface area contributed by atoms with Crippen LogP contribution in [0.2, 0.25) is 5.02 Å². The Hall–Kier alpha value is -2.06. The van der Waals surface area contributed by atoms with E-state index in [1.807, 2.05) is 0 Å². The molecule has 1 N–H and O–H groups in total. The Morgan fingerprint density at radius 2 is 1.78 bits per heavy atom. The van der Waals surface area contributed by atoms with Crippen molar-refractivity contribution in [2.45, 2.75) is 11.1 Å². The van der Waals surface area contributed by atoms with E-state index in [2.05, 4.69) is 9.71 Å². The number of anilines is 1. The summed E-state index contributed by atoms with van der Waals surface area (Å²) in [5, 5.41) is 2.59. The molecule has 23 heavy (non-hydrogen) atoms. The number of nitrogens with one attached hydrogen (secondary N) is 1. The molecule has 0 unspecified atom stereocenters. The third-order valence-corrected chi connectivity index (χ3v) is 4.84. The van der Waals surface area contributed by atoms with Crippen LogP contribution in [-0.4, -0.2) is 14.3 Å². The van der Waals surface area contributed by atoms with Crippen molar-refractivity contribution in [3.63, 3.8) is 0 Å². The normalized spacial score (nSPS) is 15.9. The predicted molar refractivity (Wildman–Crippen MR) is 80.2 cm³/mol. The molecule has 1 heterocycles. The standard InChI is InChI=1S/C14H8ClF3N2O2S/c15-10-6-5-8(14(16,17)18)7-11(10)19-13-9-3-1-2-4-12(9)23(21,22)20-13/h1-7H,(H,19,20). The molecule has 0 saturated heterocycles. The highest BCUT2D eigenvalue weighted by atomic mass is 35.5. The summed E-state index contributed by atoms with van der Waals surface area (Å²) < 4.78 is 65.7. The summed E-state index contributed by atoms with van der Waals surface area (Å²) in [6, 6.07) is 8.75. The van der Waals surface area contributed by atoms with Crippen molar-refractivity contribution in [2.24, 2.45) is 4.40 Å². The highest BCUT2D eigenvalue weighted by Crippen LogP contribution is 2.35. The number of amidine groups is 1. The van der Waals surface area contributed by atoms with E-state index in [9.17, 15) is 21.6 Å². The Labute approximate surface area is 134 Å². The third-order valence-electron chi connectivity index (χ3n) is 3.18. The Morgan fingerprint density at radius 1 is 1.09 bits per heavy atom. The van der Waals surface area contributed by atoms with Crippen molar-refractivity contribution in [2.75, 3.05) is 5.32 Å². The van der Waals surface area contributed by atoms with Gasteiger partial charge in [0.1, 0.15) is 4.90 Å². The van der Waals surface area contributed by atoms with Gasteiger partial charge in [-0.15, -0.1) is 4.40 Å². The molecular formula is C14H8ClF3N2O2S. The fraction of sp³-hybridized carbons (Fsp3) is 0.0714. The number of benzene rings is 2. The largest absolute Gasteiger partial charge is 0.416 e. The zero-order valence-electron chi connectivity index (χ0n) is 11.2. The Bertz CT molecular complexity index is 924. The van der Waals surface area contributed by atoms with Crippen molar-refractivity contribution >= 4 is 33.1 Å². The van der Waals surface area contributed by atoms with Gasteiger partial charge in [-0.05, 0) is 30.3 Å². The monoisotopic (exact) mass is 360 g/mol. The van der Waals surface area contributed by atoms with Crippen molar-refractivity contribution in [1.82, 2.24) is 0 Å². The molecule has 2 aromatic carbocycles. The first-order chi connectivity index (χ1) is 10.7. The molecule has 0 atom stereocenters. The van der Waals surface area contributed by atoms with Crippen LogP contribution in [0.3, 0.4) is 0 Å². The van der Waals surface area contributed by atoms with Gasteiger partial charge in [0, 0.05) is 5.56 Å². The van der Waals surface area contributed by atoms with Crippen molar-refractivity contribution in [3.05, 3.63) is 58.6 Å². The topological polar surface area (TPSA) is 58.5 Å². The van der Waals surface area contributed by atoms with E-state index < -0.39 is 21.8 Å². The molecule has 4 nitrogen and oxygen atoms in total. The lowest BCUT2D eigenvalue weighted by atomic mass is 10.1.